The number of sulfonamides is 1. The first-order valence-electron chi connectivity index (χ1n) is 10.9. The zero-order chi connectivity index (χ0) is 22.7. The number of carbonyl (C=O) groups excluding carboxylic acids is 1. The van der Waals surface area contributed by atoms with E-state index in [1.54, 1.807) is 11.6 Å². The van der Waals surface area contributed by atoms with E-state index in [0.717, 1.165) is 44.9 Å². The fourth-order valence-corrected chi connectivity index (χ4v) is 6.67. The molecule has 1 aliphatic carbocycles. The Bertz CT molecular complexity index is 1070. The van der Waals surface area contributed by atoms with Gasteiger partial charge in [-0.3, -0.25) is 4.79 Å². The van der Waals surface area contributed by atoms with Gasteiger partial charge in [-0.05, 0) is 61.2 Å². The molecule has 12 heteroatoms. The third-order valence-electron chi connectivity index (χ3n) is 5.93. The molecule has 9 nitrogen and oxygen atoms in total. The van der Waals surface area contributed by atoms with E-state index in [1.165, 1.54) is 34.3 Å². The lowest BCUT2D eigenvalue weighted by Crippen LogP contribution is -2.35. The van der Waals surface area contributed by atoms with E-state index in [1.807, 2.05) is 0 Å². The summed E-state index contributed by atoms with van der Waals surface area (Å²) in [5, 5.41) is 15.1. The Morgan fingerprint density at radius 3 is 2.62 bits per heavy atom. The smallest absolute Gasteiger partial charge is 0.243 e. The second-order valence-corrected chi connectivity index (χ2v) is 11.9. The minimum absolute atomic E-state index is 0.129. The van der Waals surface area contributed by atoms with E-state index in [9.17, 15) is 13.2 Å². The van der Waals surface area contributed by atoms with Gasteiger partial charge in [-0.1, -0.05) is 42.6 Å². The van der Waals surface area contributed by atoms with E-state index in [0.29, 0.717) is 18.2 Å². The van der Waals surface area contributed by atoms with Crippen LogP contribution in [0.5, 0.6) is 0 Å². The van der Waals surface area contributed by atoms with Crippen LogP contribution in [0.3, 0.4) is 0 Å². The fraction of sp³-hybridized carbons (Fsp3) is 0.600. The number of benzene rings is 1. The number of halogens is 1. The summed E-state index contributed by atoms with van der Waals surface area (Å²) in [6, 6.07) is 4.70. The molecule has 0 spiro atoms. The summed E-state index contributed by atoms with van der Waals surface area (Å²) in [5.74, 6) is -0.301. The van der Waals surface area contributed by atoms with Crippen LogP contribution in [0, 0.1) is 0 Å². The molecule has 32 heavy (non-hydrogen) atoms. The molecule has 1 atom stereocenters. The van der Waals surface area contributed by atoms with Crippen LogP contribution in [0.1, 0.15) is 57.9 Å². The number of carbonyl (C=O) groups is 1. The fourth-order valence-electron chi connectivity index (χ4n) is 4.10. The molecule has 1 aromatic heterocycles. The highest BCUT2D eigenvalue weighted by molar-refractivity contribution is 8.00. The molecule has 2 aliphatic rings. The van der Waals surface area contributed by atoms with Crippen LogP contribution in [-0.2, 0) is 14.8 Å². The average Bonchev–Trinajstić information content (AvgIpc) is 3.47. The Hall–Kier alpha value is -1.69. The van der Waals surface area contributed by atoms with Crippen molar-refractivity contribution in [3.8, 4) is 0 Å². The second-order valence-electron chi connectivity index (χ2n) is 8.20. The lowest BCUT2D eigenvalue weighted by molar-refractivity contribution is -0.115. The molecule has 1 saturated carbocycles. The summed E-state index contributed by atoms with van der Waals surface area (Å²) in [6.07, 6.45) is 7.12. The number of piperidine rings is 1. The van der Waals surface area contributed by atoms with Crippen LogP contribution in [0.25, 0.3) is 0 Å². The third-order valence-corrected chi connectivity index (χ3v) is 9.20. The Balaban J connectivity index is 1.46. The van der Waals surface area contributed by atoms with Crippen LogP contribution >= 0.6 is 23.4 Å². The van der Waals surface area contributed by atoms with Gasteiger partial charge in [0, 0.05) is 13.1 Å². The van der Waals surface area contributed by atoms with Gasteiger partial charge in [0.25, 0.3) is 0 Å². The molecule has 2 aromatic rings. The molecular formula is C20H27ClN6O3S2. The van der Waals surface area contributed by atoms with E-state index in [4.69, 9.17) is 11.6 Å². The molecule has 1 aromatic carbocycles. The number of hydrogen-bond acceptors (Lipinski definition) is 7. The molecule has 2 heterocycles. The van der Waals surface area contributed by atoms with Gasteiger partial charge in [0.2, 0.25) is 21.1 Å². The highest BCUT2D eigenvalue weighted by Gasteiger charge is 2.28. The van der Waals surface area contributed by atoms with Gasteiger partial charge in [-0.25, -0.2) is 13.1 Å². The highest BCUT2D eigenvalue weighted by Crippen LogP contribution is 2.33. The van der Waals surface area contributed by atoms with Crippen molar-refractivity contribution >= 4 is 45.0 Å². The quantitative estimate of drug-likeness (QED) is 0.579. The minimum atomic E-state index is -3.63. The molecule has 2 fully saturated rings. The Labute approximate surface area is 197 Å². The van der Waals surface area contributed by atoms with Crippen molar-refractivity contribution in [2.75, 3.05) is 18.4 Å². The third kappa shape index (κ3) is 5.11. The molecular weight excluding hydrogens is 472 g/mol. The largest absolute Gasteiger partial charge is 0.324 e. The van der Waals surface area contributed by atoms with Gasteiger partial charge in [0.1, 0.15) is 0 Å². The lowest BCUT2D eigenvalue weighted by Gasteiger charge is -2.26. The van der Waals surface area contributed by atoms with Crippen molar-refractivity contribution in [2.45, 2.75) is 73.2 Å². The first kappa shape index (κ1) is 23.5. The number of nitrogens with one attached hydrogen (secondary N) is 1. The normalized spacial score (nSPS) is 19.2. The number of tetrazole rings is 1. The standard InChI is InChI=1S/C20H27ClN6O3S2/c1-14(31-20-23-24-25-27(20)15-7-3-4-8-15)19(28)22-18-13-16(9-10-17(18)21)32(29,30)26-11-5-2-6-12-26/h9-10,13-15H,2-8,11-12H2,1H3,(H,22,28)/t14-/m1/s1. The number of rotatable bonds is 7. The molecule has 0 radical (unpaired) electrons. The number of hydrogen-bond donors (Lipinski definition) is 1. The molecule has 1 aliphatic heterocycles. The first-order valence-corrected chi connectivity index (χ1v) is 13.6. The molecule has 1 amide bonds. The molecule has 0 bridgehead atoms. The maximum atomic E-state index is 13.0. The van der Waals surface area contributed by atoms with E-state index >= 15 is 0 Å². The predicted octanol–water partition coefficient (Wildman–Crippen LogP) is 3.74. The predicted molar refractivity (Wildman–Crippen MR) is 123 cm³/mol. The Morgan fingerprint density at radius 2 is 1.91 bits per heavy atom. The number of aromatic nitrogens is 4. The number of thioether (sulfide) groups is 1. The van der Waals surface area contributed by atoms with E-state index in [-0.39, 0.29) is 27.6 Å². The summed E-state index contributed by atoms with van der Waals surface area (Å²) < 4.78 is 29.3. The summed E-state index contributed by atoms with van der Waals surface area (Å²) in [7, 11) is -3.63. The average molecular weight is 499 g/mol. The number of nitrogens with zero attached hydrogens (tertiary/aromatic N) is 5. The lowest BCUT2D eigenvalue weighted by atomic mass is 10.2. The second kappa shape index (κ2) is 10.1. The summed E-state index contributed by atoms with van der Waals surface area (Å²) >= 11 is 7.54. The van der Waals surface area contributed by atoms with Crippen LogP contribution < -0.4 is 5.32 Å². The summed E-state index contributed by atoms with van der Waals surface area (Å²) in [5.41, 5.74) is 0.276. The number of amides is 1. The van der Waals surface area contributed by atoms with Crippen LogP contribution in [-0.4, -0.2) is 57.2 Å². The summed E-state index contributed by atoms with van der Waals surface area (Å²) in [4.78, 5) is 13.0. The van der Waals surface area contributed by atoms with Crippen LogP contribution in [0.15, 0.2) is 28.3 Å². The zero-order valence-corrected chi connectivity index (χ0v) is 20.3. The van der Waals surface area contributed by atoms with Gasteiger partial charge in [0.05, 0.1) is 26.9 Å². The maximum absolute atomic E-state index is 13.0. The van der Waals surface area contributed by atoms with Gasteiger partial charge >= 0.3 is 0 Å². The van der Waals surface area contributed by atoms with Crippen molar-refractivity contribution in [2.24, 2.45) is 0 Å². The van der Waals surface area contributed by atoms with Crippen molar-refractivity contribution in [3.05, 3.63) is 23.2 Å². The van der Waals surface area contributed by atoms with Crippen molar-refractivity contribution in [1.29, 1.82) is 0 Å². The zero-order valence-electron chi connectivity index (χ0n) is 17.9. The number of anilines is 1. The molecule has 174 valence electrons. The SMILES string of the molecule is C[C@@H](Sc1nnnn1C1CCCC1)C(=O)Nc1cc(S(=O)(=O)N2CCCCC2)ccc1Cl. The summed E-state index contributed by atoms with van der Waals surface area (Å²) in [6.45, 7) is 2.78. The monoisotopic (exact) mass is 498 g/mol. The van der Waals surface area contributed by atoms with Gasteiger partial charge in [0.15, 0.2) is 0 Å². The Kier molecular flexibility index (Phi) is 7.38. The Morgan fingerprint density at radius 1 is 1.19 bits per heavy atom. The molecule has 1 N–H and O–H groups in total. The van der Waals surface area contributed by atoms with Crippen molar-refractivity contribution in [3.63, 3.8) is 0 Å². The van der Waals surface area contributed by atoms with Crippen molar-refractivity contribution < 1.29 is 13.2 Å². The minimum Gasteiger partial charge on any atom is -0.324 e. The van der Waals surface area contributed by atoms with Crippen molar-refractivity contribution in [1.82, 2.24) is 24.5 Å². The van der Waals surface area contributed by atoms with Crippen LogP contribution in [0.2, 0.25) is 5.02 Å². The van der Waals surface area contributed by atoms with E-state index < -0.39 is 15.3 Å². The molecule has 4 rings (SSSR count). The topological polar surface area (TPSA) is 110 Å². The van der Waals surface area contributed by atoms with E-state index in [2.05, 4.69) is 20.8 Å². The highest BCUT2D eigenvalue weighted by atomic mass is 35.5. The van der Waals surface area contributed by atoms with Crippen LogP contribution in [0.4, 0.5) is 5.69 Å². The maximum Gasteiger partial charge on any atom is 0.243 e. The molecule has 1 saturated heterocycles. The van der Waals surface area contributed by atoms with Gasteiger partial charge in [-0.2, -0.15) is 4.31 Å². The molecule has 0 unspecified atom stereocenters. The van der Waals surface area contributed by atoms with Gasteiger partial charge < -0.3 is 5.32 Å². The van der Waals surface area contributed by atoms with Gasteiger partial charge in [-0.15, -0.1) is 5.10 Å². The first-order chi connectivity index (χ1) is 15.4.